The van der Waals surface area contributed by atoms with Crippen LogP contribution in [0.5, 0.6) is 0 Å². The first-order chi connectivity index (χ1) is 13.5. The first-order valence-electron chi connectivity index (χ1n) is 8.84. The Balaban J connectivity index is 0.00000300. The molecule has 0 bridgehead atoms. The normalized spacial score (nSPS) is 12.1. The van der Waals surface area contributed by atoms with E-state index in [4.69, 9.17) is 0 Å². The summed E-state index contributed by atoms with van der Waals surface area (Å²) in [6.07, 6.45) is -2.69. The number of benzene rings is 1. The van der Waals surface area contributed by atoms with Crippen molar-refractivity contribution in [2.75, 3.05) is 13.1 Å². The zero-order valence-electron chi connectivity index (χ0n) is 15.6. The molecule has 158 valence electrons. The van der Waals surface area contributed by atoms with Gasteiger partial charge >= 0.3 is 6.18 Å². The predicted molar refractivity (Wildman–Crippen MR) is 123 cm³/mol. The van der Waals surface area contributed by atoms with E-state index in [2.05, 4.69) is 31.7 Å². The average Bonchev–Trinajstić information content (AvgIpc) is 3.29. The number of nitrogens with one attached hydrogen (secondary N) is 2. The molecule has 0 fully saturated rings. The van der Waals surface area contributed by atoms with Crippen molar-refractivity contribution in [1.82, 2.24) is 20.6 Å². The Hall–Kier alpha value is -1.47. The van der Waals surface area contributed by atoms with E-state index in [-0.39, 0.29) is 30.5 Å². The van der Waals surface area contributed by atoms with Gasteiger partial charge in [-0.15, -0.1) is 46.7 Å². The van der Waals surface area contributed by atoms with Crippen LogP contribution in [0.2, 0.25) is 0 Å². The van der Waals surface area contributed by atoms with Crippen LogP contribution in [-0.2, 0) is 19.1 Å². The highest BCUT2D eigenvalue weighted by Crippen LogP contribution is 2.30. The number of nitrogens with zero attached hydrogens (tertiary/aromatic N) is 3. The van der Waals surface area contributed by atoms with Crippen molar-refractivity contribution in [1.29, 1.82) is 0 Å². The van der Waals surface area contributed by atoms with Crippen molar-refractivity contribution in [3.63, 3.8) is 0 Å². The number of guanidine groups is 1. The molecule has 0 saturated carbocycles. The van der Waals surface area contributed by atoms with Gasteiger partial charge in [-0.1, -0.05) is 12.1 Å². The number of fused-ring (bicyclic) bond motifs is 1. The quantitative estimate of drug-likeness (QED) is 0.185. The van der Waals surface area contributed by atoms with Gasteiger partial charge in [0.1, 0.15) is 5.01 Å². The van der Waals surface area contributed by atoms with Crippen molar-refractivity contribution < 1.29 is 13.2 Å². The van der Waals surface area contributed by atoms with Crippen LogP contribution >= 0.6 is 46.7 Å². The minimum Gasteiger partial charge on any atom is -0.357 e. The number of aromatic nitrogens is 2. The van der Waals surface area contributed by atoms with E-state index in [0.717, 1.165) is 40.1 Å². The van der Waals surface area contributed by atoms with Crippen LogP contribution in [-0.4, -0.2) is 29.0 Å². The van der Waals surface area contributed by atoms with Gasteiger partial charge in [-0.3, -0.25) is 0 Å². The Morgan fingerprint density at radius 2 is 1.93 bits per heavy atom. The van der Waals surface area contributed by atoms with E-state index < -0.39 is 11.9 Å². The Kier molecular flexibility index (Phi) is 9.08. The highest BCUT2D eigenvalue weighted by molar-refractivity contribution is 14.0. The number of aryl methyl sites for hydroxylation is 1. The summed E-state index contributed by atoms with van der Waals surface area (Å²) in [6.45, 7) is 3.39. The smallest absolute Gasteiger partial charge is 0.357 e. The molecule has 11 heteroatoms. The van der Waals surface area contributed by atoms with Crippen LogP contribution in [0.1, 0.15) is 29.1 Å². The largest absolute Gasteiger partial charge is 0.434 e. The van der Waals surface area contributed by atoms with Gasteiger partial charge in [-0.05, 0) is 25.5 Å². The topological polar surface area (TPSA) is 62.2 Å². The second-order valence-corrected chi connectivity index (χ2v) is 7.98. The van der Waals surface area contributed by atoms with Crippen molar-refractivity contribution in [3.8, 4) is 0 Å². The highest BCUT2D eigenvalue weighted by Gasteiger charge is 2.33. The second kappa shape index (κ2) is 11.1. The zero-order valence-corrected chi connectivity index (χ0v) is 19.6. The summed E-state index contributed by atoms with van der Waals surface area (Å²) in [6, 6.07) is 8.05. The maximum Gasteiger partial charge on any atom is 0.434 e. The third-order valence-electron chi connectivity index (χ3n) is 3.76. The molecular weight excluding hydrogens is 534 g/mol. The van der Waals surface area contributed by atoms with Crippen molar-refractivity contribution in [2.45, 2.75) is 32.5 Å². The van der Waals surface area contributed by atoms with Gasteiger partial charge in [-0.25, -0.2) is 15.0 Å². The number of para-hydroxylation sites is 1. The monoisotopic (exact) mass is 555 g/mol. The van der Waals surface area contributed by atoms with E-state index in [1.807, 2.05) is 25.1 Å². The lowest BCUT2D eigenvalue weighted by molar-refractivity contribution is -0.140. The number of hydrogen-bond acceptors (Lipinski definition) is 5. The lowest BCUT2D eigenvalue weighted by atomic mass is 10.3. The van der Waals surface area contributed by atoms with Crippen LogP contribution in [0.4, 0.5) is 13.2 Å². The van der Waals surface area contributed by atoms with Crippen molar-refractivity contribution in [2.24, 2.45) is 4.99 Å². The maximum absolute atomic E-state index is 12.6. The van der Waals surface area contributed by atoms with Gasteiger partial charge in [-0.2, -0.15) is 13.2 Å². The van der Waals surface area contributed by atoms with Crippen molar-refractivity contribution >= 4 is 62.8 Å². The van der Waals surface area contributed by atoms with Gasteiger partial charge in [0.25, 0.3) is 0 Å². The average molecular weight is 555 g/mol. The van der Waals surface area contributed by atoms with E-state index in [1.54, 1.807) is 11.3 Å². The Morgan fingerprint density at radius 1 is 1.14 bits per heavy atom. The molecule has 0 aliphatic rings. The SMILES string of the molecule is CCNC(=NCc1nc(C(F)(F)F)cs1)NCCCc1nc2ccccc2s1.I. The van der Waals surface area contributed by atoms with Gasteiger partial charge < -0.3 is 10.6 Å². The van der Waals surface area contributed by atoms with Gasteiger partial charge in [0.2, 0.25) is 0 Å². The summed E-state index contributed by atoms with van der Waals surface area (Å²) in [4.78, 5) is 12.5. The second-order valence-electron chi connectivity index (χ2n) is 5.93. The van der Waals surface area contributed by atoms with Crippen LogP contribution < -0.4 is 10.6 Å². The molecule has 0 amide bonds. The molecule has 1 aromatic carbocycles. The minimum atomic E-state index is -4.41. The van der Waals surface area contributed by atoms with E-state index in [1.165, 1.54) is 4.70 Å². The minimum absolute atomic E-state index is 0. The molecule has 0 aliphatic carbocycles. The molecule has 3 rings (SSSR count). The van der Waals surface area contributed by atoms with E-state index >= 15 is 0 Å². The molecule has 3 aromatic rings. The summed E-state index contributed by atoms with van der Waals surface area (Å²) in [7, 11) is 0. The van der Waals surface area contributed by atoms with Crippen LogP contribution in [0.25, 0.3) is 10.2 Å². The Labute approximate surface area is 191 Å². The summed E-state index contributed by atoms with van der Waals surface area (Å²) in [5.41, 5.74) is 0.156. The molecule has 0 radical (unpaired) electrons. The van der Waals surface area contributed by atoms with Crippen LogP contribution in [0, 0.1) is 0 Å². The number of aliphatic imine (C=N–C) groups is 1. The van der Waals surface area contributed by atoms with Crippen molar-refractivity contribution in [3.05, 3.63) is 45.4 Å². The molecule has 0 spiro atoms. The lowest BCUT2D eigenvalue weighted by Gasteiger charge is -2.10. The number of thiazole rings is 2. The van der Waals surface area contributed by atoms with Crippen LogP contribution in [0.3, 0.4) is 0 Å². The number of hydrogen-bond donors (Lipinski definition) is 2. The van der Waals surface area contributed by atoms with E-state index in [0.29, 0.717) is 24.1 Å². The third-order valence-corrected chi connectivity index (χ3v) is 5.69. The summed E-state index contributed by atoms with van der Waals surface area (Å²) in [5, 5.41) is 8.73. The number of alkyl halides is 3. The fourth-order valence-corrected chi connectivity index (χ4v) is 4.21. The molecule has 2 N–H and O–H groups in total. The molecule has 0 atom stereocenters. The predicted octanol–water partition coefficient (Wildman–Crippen LogP) is 5.08. The first kappa shape index (κ1) is 23.8. The number of rotatable bonds is 7. The third kappa shape index (κ3) is 7.07. The molecule has 0 aliphatic heterocycles. The standard InChI is InChI=1S/C18H20F3N5S2.HI/c1-2-22-17(24-10-16-26-14(11-27-16)18(19,20)21)23-9-5-8-15-25-12-6-3-4-7-13(12)28-15;/h3-4,6-7,11H,2,5,8-10H2,1H3,(H2,22,23,24);1H. The van der Waals surface area contributed by atoms with E-state index in [9.17, 15) is 13.2 Å². The fourth-order valence-electron chi connectivity index (χ4n) is 2.48. The molecule has 5 nitrogen and oxygen atoms in total. The molecule has 0 unspecified atom stereocenters. The molecular formula is C18H21F3IN5S2. The summed E-state index contributed by atoms with van der Waals surface area (Å²) in [5.74, 6) is 0.565. The zero-order chi connectivity index (χ0) is 20.0. The highest BCUT2D eigenvalue weighted by atomic mass is 127. The lowest BCUT2D eigenvalue weighted by Crippen LogP contribution is -2.37. The molecule has 29 heavy (non-hydrogen) atoms. The summed E-state index contributed by atoms with van der Waals surface area (Å²) < 4.78 is 39.0. The van der Waals surface area contributed by atoms with Gasteiger partial charge in [0.15, 0.2) is 11.7 Å². The Morgan fingerprint density at radius 3 is 2.62 bits per heavy atom. The van der Waals surface area contributed by atoms with Gasteiger partial charge in [0.05, 0.1) is 21.8 Å². The number of halogens is 4. The molecule has 2 aromatic heterocycles. The molecule has 2 heterocycles. The fraction of sp³-hybridized carbons (Fsp3) is 0.389. The van der Waals surface area contributed by atoms with Gasteiger partial charge in [0, 0.05) is 24.9 Å². The first-order valence-corrected chi connectivity index (χ1v) is 10.5. The maximum atomic E-state index is 12.6. The molecule has 0 saturated heterocycles. The van der Waals surface area contributed by atoms with Crippen LogP contribution in [0.15, 0.2) is 34.6 Å². The summed E-state index contributed by atoms with van der Waals surface area (Å²) >= 11 is 2.66. The Bertz CT molecular complexity index is 906.